The van der Waals surface area contributed by atoms with Crippen LogP contribution in [0.4, 0.5) is 0 Å². The van der Waals surface area contributed by atoms with E-state index in [1.165, 1.54) is 12.8 Å². The Morgan fingerprint density at radius 1 is 0.875 bits per heavy atom. The molecule has 1 N–H and O–H groups in total. The number of ether oxygens (including phenoxy) is 2. The van der Waals surface area contributed by atoms with Gasteiger partial charge in [-0.05, 0) is 70.2 Å². The van der Waals surface area contributed by atoms with Crippen LogP contribution in [-0.4, -0.2) is 54.0 Å². The van der Waals surface area contributed by atoms with Crippen LogP contribution in [0.5, 0.6) is 5.75 Å². The minimum absolute atomic E-state index is 0.0205. The average Bonchev–Trinajstić information content (AvgIpc) is 3.05. The summed E-state index contributed by atoms with van der Waals surface area (Å²) in [6.07, 6.45) is 9.83. The summed E-state index contributed by atoms with van der Waals surface area (Å²) in [6.45, 7) is 3.84. The molecule has 3 rings (SSSR count). The average molecular weight is 445 g/mol. The van der Waals surface area contributed by atoms with Crippen LogP contribution < -0.4 is 10.1 Å². The molecule has 1 aliphatic carbocycles. The number of esters is 1. The van der Waals surface area contributed by atoms with Crippen LogP contribution in [0.2, 0.25) is 0 Å². The van der Waals surface area contributed by atoms with E-state index in [9.17, 15) is 14.4 Å². The lowest BCUT2D eigenvalue weighted by Crippen LogP contribution is -2.49. The number of rotatable bonds is 7. The Labute approximate surface area is 190 Å². The summed E-state index contributed by atoms with van der Waals surface area (Å²) in [6, 6.07) is 7.07. The summed E-state index contributed by atoms with van der Waals surface area (Å²) in [5.74, 6) is -0.323. The van der Waals surface area contributed by atoms with Crippen molar-refractivity contribution in [3.8, 4) is 5.75 Å². The van der Waals surface area contributed by atoms with Gasteiger partial charge in [0.2, 0.25) is 0 Å². The second-order valence-electron chi connectivity index (χ2n) is 9.08. The molecule has 1 saturated heterocycles. The summed E-state index contributed by atoms with van der Waals surface area (Å²) in [5.41, 5.74) is 0.337. The highest BCUT2D eigenvalue weighted by atomic mass is 16.5. The molecule has 0 radical (unpaired) electrons. The molecule has 1 aliphatic heterocycles. The smallest absolute Gasteiger partial charge is 0.338 e. The molecule has 0 unspecified atom stereocenters. The topological polar surface area (TPSA) is 84.9 Å². The van der Waals surface area contributed by atoms with E-state index in [0.29, 0.717) is 11.3 Å². The van der Waals surface area contributed by atoms with Crippen LogP contribution >= 0.6 is 0 Å². The fourth-order valence-electron chi connectivity index (χ4n) is 4.73. The number of nitrogens with one attached hydrogen (secondary N) is 1. The quantitative estimate of drug-likeness (QED) is 0.510. The van der Waals surface area contributed by atoms with Crippen molar-refractivity contribution in [2.75, 3.05) is 13.2 Å². The Balaban J connectivity index is 1.41. The Morgan fingerprint density at radius 2 is 1.50 bits per heavy atom. The van der Waals surface area contributed by atoms with Crippen LogP contribution in [-0.2, 0) is 14.3 Å². The SMILES string of the molecule is C[C@@H]1CCC[C@@H](C)N1C(=O)COc1ccc(C(=O)OCC(=O)NC2CCCCCC2)cc1. The Hall–Kier alpha value is -2.57. The number of hydrogen-bond donors (Lipinski definition) is 1. The second-order valence-corrected chi connectivity index (χ2v) is 9.08. The van der Waals surface area contributed by atoms with Crippen molar-refractivity contribution in [2.45, 2.75) is 89.8 Å². The molecule has 1 saturated carbocycles. The molecule has 32 heavy (non-hydrogen) atoms. The lowest BCUT2D eigenvalue weighted by Gasteiger charge is -2.38. The monoisotopic (exact) mass is 444 g/mol. The lowest BCUT2D eigenvalue weighted by molar-refractivity contribution is -0.139. The highest BCUT2D eigenvalue weighted by Crippen LogP contribution is 2.23. The van der Waals surface area contributed by atoms with Crippen molar-refractivity contribution in [1.82, 2.24) is 10.2 Å². The van der Waals surface area contributed by atoms with Gasteiger partial charge in [-0.1, -0.05) is 25.7 Å². The number of carbonyl (C=O) groups is 3. The third kappa shape index (κ3) is 6.97. The van der Waals surface area contributed by atoms with Crippen molar-refractivity contribution >= 4 is 17.8 Å². The Morgan fingerprint density at radius 3 is 2.12 bits per heavy atom. The maximum absolute atomic E-state index is 12.6. The first kappa shape index (κ1) is 24.1. The number of carbonyl (C=O) groups excluding carboxylic acids is 3. The number of hydrogen-bond acceptors (Lipinski definition) is 5. The van der Waals surface area contributed by atoms with E-state index in [1.807, 2.05) is 4.90 Å². The first-order valence-corrected chi connectivity index (χ1v) is 11.9. The summed E-state index contributed by atoms with van der Waals surface area (Å²) in [5, 5.41) is 2.96. The highest BCUT2D eigenvalue weighted by Gasteiger charge is 2.29. The van der Waals surface area contributed by atoms with Gasteiger partial charge in [-0.3, -0.25) is 9.59 Å². The lowest BCUT2D eigenvalue weighted by atomic mass is 9.97. The third-order valence-electron chi connectivity index (χ3n) is 6.49. The Bertz CT molecular complexity index is 761. The molecule has 0 aromatic heterocycles. The zero-order chi connectivity index (χ0) is 22.9. The van der Waals surface area contributed by atoms with Crippen LogP contribution in [0.1, 0.15) is 82.0 Å². The van der Waals surface area contributed by atoms with Gasteiger partial charge in [0.05, 0.1) is 5.56 Å². The molecule has 2 amide bonds. The summed E-state index contributed by atoms with van der Waals surface area (Å²) < 4.78 is 10.8. The molecule has 0 spiro atoms. The standard InChI is InChI=1S/C25H36N2O5/c1-18-8-7-9-19(2)27(18)24(29)17-31-22-14-12-20(13-15-22)25(30)32-16-23(28)26-21-10-5-3-4-6-11-21/h12-15,18-19,21H,3-11,16-17H2,1-2H3,(H,26,28)/t18-,19-/m1/s1. The zero-order valence-electron chi connectivity index (χ0n) is 19.3. The van der Waals surface area contributed by atoms with Gasteiger partial charge < -0.3 is 19.7 Å². The molecule has 1 heterocycles. The predicted molar refractivity (Wildman–Crippen MR) is 121 cm³/mol. The summed E-state index contributed by atoms with van der Waals surface area (Å²) in [4.78, 5) is 38.8. The van der Waals surface area contributed by atoms with Crippen LogP contribution in [0.15, 0.2) is 24.3 Å². The first-order chi connectivity index (χ1) is 15.4. The first-order valence-electron chi connectivity index (χ1n) is 11.9. The zero-order valence-corrected chi connectivity index (χ0v) is 19.3. The molecule has 0 bridgehead atoms. The minimum atomic E-state index is -0.556. The molecule has 7 heteroatoms. The highest BCUT2D eigenvalue weighted by molar-refractivity contribution is 5.91. The predicted octanol–water partition coefficient (Wildman–Crippen LogP) is 3.85. The number of benzene rings is 1. The molecular weight excluding hydrogens is 408 g/mol. The molecule has 2 fully saturated rings. The van der Waals surface area contributed by atoms with Crippen molar-refractivity contribution < 1.29 is 23.9 Å². The van der Waals surface area contributed by atoms with Gasteiger partial charge >= 0.3 is 5.97 Å². The van der Waals surface area contributed by atoms with E-state index in [-0.39, 0.29) is 43.2 Å². The number of amides is 2. The third-order valence-corrected chi connectivity index (χ3v) is 6.49. The maximum Gasteiger partial charge on any atom is 0.338 e. The van der Waals surface area contributed by atoms with Gasteiger partial charge in [0.15, 0.2) is 13.2 Å². The van der Waals surface area contributed by atoms with E-state index in [4.69, 9.17) is 9.47 Å². The molecule has 2 atom stereocenters. The molecule has 176 valence electrons. The van der Waals surface area contributed by atoms with Gasteiger partial charge in [0.1, 0.15) is 5.75 Å². The van der Waals surface area contributed by atoms with Gasteiger partial charge in [0, 0.05) is 18.1 Å². The van der Waals surface area contributed by atoms with E-state index < -0.39 is 5.97 Å². The van der Waals surface area contributed by atoms with Crippen LogP contribution in [0.3, 0.4) is 0 Å². The molecule has 2 aliphatic rings. The van der Waals surface area contributed by atoms with Gasteiger partial charge in [0.25, 0.3) is 11.8 Å². The van der Waals surface area contributed by atoms with Crippen LogP contribution in [0.25, 0.3) is 0 Å². The van der Waals surface area contributed by atoms with E-state index >= 15 is 0 Å². The van der Waals surface area contributed by atoms with Crippen molar-refractivity contribution in [3.63, 3.8) is 0 Å². The fourth-order valence-corrected chi connectivity index (χ4v) is 4.73. The molecule has 7 nitrogen and oxygen atoms in total. The second kappa shape index (κ2) is 11.9. The maximum atomic E-state index is 12.6. The largest absolute Gasteiger partial charge is 0.484 e. The number of nitrogens with zero attached hydrogens (tertiary/aromatic N) is 1. The van der Waals surface area contributed by atoms with Crippen molar-refractivity contribution in [1.29, 1.82) is 0 Å². The molecule has 1 aromatic rings. The molecular formula is C25H36N2O5. The van der Waals surface area contributed by atoms with Crippen molar-refractivity contribution in [2.24, 2.45) is 0 Å². The van der Waals surface area contributed by atoms with E-state index in [1.54, 1.807) is 24.3 Å². The number of piperidine rings is 1. The number of likely N-dealkylation sites (tertiary alicyclic amines) is 1. The normalized spacial score (nSPS) is 22.0. The van der Waals surface area contributed by atoms with Crippen molar-refractivity contribution in [3.05, 3.63) is 29.8 Å². The Kier molecular flexibility index (Phi) is 8.94. The van der Waals surface area contributed by atoms with E-state index in [2.05, 4.69) is 19.2 Å². The van der Waals surface area contributed by atoms with Gasteiger partial charge in [-0.2, -0.15) is 0 Å². The summed E-state index contributed by atoms with van der Waals surface area (Å²) >= 11 is 0. The van der Waals surface area contributed by atoms with Gasteiger partial charge in [-0.25, -0.2) is 4.79 Å². The summed E-state index contributed by atoms with van der Waals surface area (Å²) in [7, 11) is 0. The minimum Gasteiger partial charge on any atom is -0.484 e. The van der Waals surface area contributed by atoms with Gasteiger partial charge in [-0.15, -0.1) is 0 Å². The fraction of sp³-hybridized carbons (Fsp3) is 0.640. The molecule has 1 aromatic carbocycles. The van der Waals surface area contributed by atoms with Crippen LogP contribution in [0, 0.1) is 0 Å². The van der Waals surface area contributed by atoms with E-state index in [0.717, 1.165) is 44.9 Å².